The Kier molecular flexibility index (Phi) is 8.71. The highest BCUT2D eigenvalue weighted by molar-refractivity contribution is 5.65. The van der Waals surface area contributed by atoms with Crippen molar-refractivity contribution in [2.45, 2.75) is 41.0 Å². The van der Waals surface area contributed by atoms with Gasteiger partial charge in [-0.25, -0.2) is 0 Å². The van der Waals surface area contributed by atoms with Gasteiger partial charge in [-0.05, 0) is 67.5 Å². The quantitative estimate of drug-likeness (QED) is 0.314. The van der Waals surface area contributed by atoms with Crippen LogP contribution in [0.25, 0.3) is 0 Å². The largest absolute Gasteiger partial charge is 0.489 e. The van der Waals surface area contributed by atoms with Crippen LogP contribution < -0.4 is 9.47 Å². The molecule has 0 heterocycles. The van der Waals surface area contributed by atoms with E-state index in [1.165, 1.54) is 18.1 Å². The number of esters is 1. The summed E-state index contributed by atoms with van der Waals surface area (Å²) in [5.41, 5.74) is 6.60. The minimum absolute atomic E-state index is 0.234. The van der Waals surface area contributed by atoms with Gasteiger partial charge in [0.15, 0.2) is 0 Å². The van der Waals surface area contributed by atoms with E-state index in [0.29, 0.717) is 19.7 Å². The molecule has 2 rings (SSSR count). The Labute approximate surface area is 178 Å². The number of hydrogen-bond acceptors (Lipinski definition) is 6. The fraction of sp³-hybridized carbons (Fsp3) is 0.417. The molecule has 0 atom stereocenters. The second-order valence-corrected chi connectivity index (χ2v) is 7.30. The molecule has 0 unspecified atom stereocenters. The number of aryl methyl sites for hydroxylation is 4. The van der Waals surface area contributed by atoms with E-state index in [2.05, 4.69) is 29.0 Å². The highest BCUT2D eigenvalue weighted by Gasteiger charge is 2.11. The summed E-state index contributed by atoms with van der Waals surface area (Å²) in [5.74, 6) is 1.36. The van der Waals surface area contributed by atoms with Crippen molar-refractivity contribution in [2.24, 2.45) is 0 Å². The van der Waals surface area contributed by atoms with Gasteiger partial charge in [-0.1, -0.05) is 24.3 Å². The van der Waals surface area contributed by atoms with Crippen LogP contribution in [0.1, 0.15) is 40.3 Å². The van der Waals surface area contributed by atoms with Crippen LogP contribution in [0.5, 0.6) is 11.5 Å². The molecule has 0 amide bonds. The molecule has 0 bridgehead atoms. The van der Waals surface area contributed by atoms with Gasteiger partial charge in [0, 0.05) is 6.92 Å². The van der Waals surface area contributed by atoms with Gasteiger partial charge in [0.25, 0.3) is 6.47 Å². The molecule has 0 aromatic heterocycles. The first-order valence-corrected chi connectivity index (χ1v) is 9.96. The van der Waals surface area contributed by atoms with E-state index in [9.17, 15) is 9.59 Å². The van der Waals surface area contributed by atoms with Crippen LogP contribution in [0.4, 0.5) is 0 Å². The molecule has 0 aliphatic rings. The Hall–Kier alpha value is -3.02. The second-order valence-electron chi connectivity index (χ2n) is 7.30. The molecule has 0 aliphatic heterocycles. The third kappa shape index (κ3) is 6.79. The molecular formula is C24H30O6. The van der Waals surface area contributed by atoms with Crippen LogP contribution in [0.2, 0.25) is 0 Å². The van der Waals surface area contributed by atoms with Crippen LogP contribution in [0.15, 0.2) is 24.3 Å². The zero-order valence-corrected chi connectivity index (χ0v) is 18.4. The summed E-state index contributed by atoms with van der Waals surface area (Å²) in [6, 6.07) is 8.49. The summed E-state index contributed by atoms with van der Waals surface area (Å²) >= 11 is 0. The van der Waals surface area contributed by atoms with E-state index in [-0.39, 0.29) is 19.2 Å². The first-order chi connectivity index (χ1) is 14.3. The minimum Gasteiger partial charge on any atom is -0.489 e. The Morgan fingerprint density at radius 2 is 1.20 bits per heavy atom. The Balaban J connectivity index is 2.06. The molecule has 0 N–H and O–H groups in total. The Morgan fingerprint density at radius 1 is 0.767 bits per heavy atom. The number of ether oxygens (including phenoxy) is 4. The lowest BCUT2D eigenvalue weighted by Crippen LogP contribution is -2.11. The van der Waals surface area contributed by atoms with Gasteiger partial charge in [0.2, 0.25) is 0 Å². The van der Waals surface area contributed by atoms with Gasteiger partial charge in [-0.3, -0.25) is 9.59 Å². The lowest BCUT2D eigenvalue weighted by molar-refractivity contribution is -0.141. The zero-order valence-electron chi connectivity index (χ0n) is 18.4. The standard InChI is InChI=1S/C24H30O6/c1-16-10-21(11-17(2)23(16)29-7-6-27-15-25)14-22-12-18(3)24(19(4)13-22)30-9-8-28-20(5)26/h10-13,15H,6-9,14H2,1-5H3. The van der Waals surface area contributed by atoms with Crippen LogP contribution in [0, 0.1) is 27.7 Å². The summed E-state index contributed by atoms with van der Waals surface area (Å²) in [6.45, 7) is 11.0. The second kappa shape index (κ2) is 11.2. The summed E-state index contributed by atoms with van der Waals surface area (Å²) in [7, 11) is 0. The van der Waals surface area contributed by atoms with Crippen LogP contribution in [0.3, 0.4) is 0 Å². The molecule has 0 fully saturated rings. The normalized spacial score (nSPS) is 10.4. The molecule has 2 aromatic rings. The molecule has 162 valence electrons. The van der Waals surface area contributed by atoms with Crippen molar-refractivity contribution in [3.05, 3.63) is 57.6 Å². The number of carbonyl (C=O) groups excluding carboxylic acids is 2. The average molecular weight is 414 g/mol. The molecule has 0 aliphatic carbocycles. The lowest BCUT2D eigenvalue weighted by atomic mass is 9.97. The van der Waals surface area contributed by atoms with Crippen molar-refractivity contribution in [3.63, 3.8) is 0 Å². The molecule has 0 saturated carbocycles. The third-order valence-electron chi connectivity index (χ3n) is 4.60. The molecule has 0 saturated heterocycles. The maximum Gasteiger partial charge on any atom is 0.302 e. The number of carbonyl (C=O) groups is 2. The zero-order chi connectivity index (χ0) is 22.1. The van der Waals surface area contributed by atoms with Gasteiger partial charge in [0.05, 0.1) is 0 Å². The number of hydrogen-bond donors (Lipinski definition) is 0. The van der Waals surface area contributed by atoms with Crippen molar-refractivity contribution < 1.29 is 28.5 Å². The monoisotopic (exact) mass is 414 g/mol. The molecule has 0 spiro atoms. The topological polar surface area (TPSA) is 71.1 Å². The van der Waals surface area contributed by atoms with Gasteiger partial charge in [-0.15, -0.1) is 0 Å². The maximum atomic E-state index is 10.9. The van der Waals surface area contributed by atoms with Crippen molar-refractivity contribution in [3.8, 4) is 11.5 Å². The van der Waals surface area contributed by atoms with Gasteiger partial charge >= 0.3 is 5.97 Å². The summed E-state index contributed by atoms with van der Waals surface area (Å²) in [4.78, 5) is 21.1. The summed E-state index contributed by atoms with van der Waals surface area (Å²) in [6.07, 6.45) is 0.797. The highest BCUT2D eigenvalue weighted by atomic mass is 16.6. The van der Waals surface area contributed by atoms with Crippen LogP contribution in [-0.4, -0.2) is 38.9 Å². The molecule has 2 aromatic carbocycles. The van der Waals surface area contributed by atoms with E-state index >= 15 is 0 Å². The highest BCUT2D eigenvalue weighted by Crippen LogP contribution is 2.29. The Bertz CT molecular complexity index is 841. The smallest absolute Gasteiger partial charge is 0.302 e. The first kappa shape index (κ1) is 23.3. The van der Waals surface area contributed by atoms with E-state index in [1.54, 1.807) is 0 Å². The minimum atomic E-state index is -0.307. The predicted molar refractivity (Wildman–Crippen MR) is 114 cm³/mol. The van der Waals surface area contributed by atoms with Gasteiger partial charge in [0.1, 0.15) is 37.9 Å². The van der Waals surface area contributed by atoms with Crippen LogP contribution >= 0.6 is 0 Å². The van der Waals surface area contributed by atoms with Gasteiger partial charge < -0.3 is 18.9 Å². The molecule has 6 nitrogen and oxygen atoms in total. The molecule has 30 heavy (non-hydrogen) atoms. The third-order valence-corrected chi connectivity index (χ3v) is 4.60. The van der Waals surface area contributed by atoms with E-state index in [1.807, 2.05) is 27.7 Å². The average Bonchev–Trinajstić information content (AvgIpc) is 2.65. The van der Waals surface area contributed by atoms with E-state index in [4.69, 9.17) is 14.2 Å². The fourth-order valence-electron chi connectivity index (χ4n) is 3.54. The van der Waals surface area contributed by atoms with E-state index < -0.39 is 0 Å². The predicted octanol–water partition coefficient (Wildman–Crippen LogP) is 4.00. The lowest BCUT2D eigenvalue weighted by Gasteiger charge is -2.16. The van der Waals surface area contributed by atoms with Crippen molar-refractivity contribution >= 4 is 12.4 Å². The van der Waals surface area contributed by atoms with Crippen LogP contribution in [-0.2, 0) is 25.5 Å². The summed E-state index contributed by atoms with van der Waals surface area (Å²) < 4.78 is 21.2. The molecule has 0 radical (unpaired) electrons. The first-order valence-electron chi connectivity index (χ1n) is 9.96. The molecular weight excluding hydrogens is 384 g/mol. The SMILES string of the molecule is CC(=O)OCCOc1c(C)cc(Cc2cc(C)c(OCCOC=O)c(C)c2)cc1C. The van der Waals surface area contributed by atoms with E-state index in [0.717, 1.165) is 40.2 Å². The van der Waals surface area contributed by atoms with Crippen molar-refractivity contribution in [1.82, 2.24) is 0 Å². The number of benzene rings is 2. The van der Waals surface area contributed by atoms with Crippen molar-refractivity contribution in [1.29, 1.82) is 0 Å². The van der Waals surface area contributed by atoms with Crippen molar-refractivity contribution in [2.75, 3.05) is 26.4 Å². The summed E-state index contributed by atoms with van der Waals surface area (Å²) in [5, 5.41) is 0. The molecule has 6 heteroatoms. The Morgan fingerprint density at radius 3 is 1.60 bits per heavy atom. The van der Waals surface area contributed by atoms with Gasteiger partial charge in [-0.2, -0.15) is 0 Å². The number of rotatable bonds is 11. The maximum absolute atomic E-state index is 10.9. The fourth-order valence-corrected chi connectivity index (χ4v) is 3.54.